The smallest absolute Gasteiger partial charge is 0.303 e. The van der Waals surface area contributed by atoms with Gasteiger partial charge in [0.05, 0.1) is 0 Å². The molecule has 0 aromatic carbocycles. The van der Waals surface area contributed by atoms with Crippen LogP contribution < -0.4 is 0 Å². The average molecular weight is 196 g/mol. The van der Waals surface area contributed by atoms with Gasteiger partial charge in [0.15, 0.2) is 0 Å². The summed E-state index contributed by atoms with van der Waals surface area (Å²) in [5.41, 5.74) is 0.647. The Bertz CT molecular complexity index is 218. The SMILES string of the molecule is CC1CC2(CCC(CC(=O)O)CC2)C1. The first kappa shape index (κ1) is 10.0. The lowest BCUT2D eigenvalue weighted by molar-refractivity contribution is -0.138. The van der Waals surface area contributed by atoms with Crippen LogP contribution in [0.1, 0.15) is 51.9 Å². The lowest BCUT2D eigenvalue weighted by atomic mass is 9.55. The maximum absolute atomic E-state index is 10.6. The highest BCUT2D eigenvalue weighted by Crippen LogP contribution is 2.55. The zero-order chi connectivity index (χ0) is 10.2. The van der Waals surface area contributed by atoms with Gasteiger partial charge in [-0.1, -0.05) is 6.92 Å². The molecular weight excluding hydrogens is 176 g/mol. The second kappa shape index (κ2) is 3.56. The predicted octanol–water partition coefficient (Wildman–Crippen LogP) is 3.07. The summed E-state index contributed by atoms with van der Waals surface area (Å²) < 4.78 is 0. The van der Waals surface area contributed by atoms with Crippen LogP contribution in [0.5, 0.6) is 0 Å². The molecule has 0 aliphatic heterocycles. The Kier molecular flexibility index (Phi) is 2.54. The van der Waals surface area contributed by atoms with Crippen molar-refractivity contribution >= 4 is 5.97 Å². The Hall–Kier alpha value is -0.530. The summed E-state index contributed by atoms with van der Waals surface area (Å²) >= 11 is 0. The van der Waals surface area contributed by atoms with E-state index >= 15 is 0 Å². The third-order valence-electron chi connectivity index (χ3n) is 4.19. The van der Waals surface area contributed by atoms with Crippen LogP contribution in [0.2, 0.25) is 0 Å². The molecule has 2 rings (SSSR count). The van der Waals surface area contributed by atoms with E-state index in [-0.39, 0.29) is 0 Å². The highest BCUT2D eigenvalue weighted by Gasteiger charge is 2.43. The van der Waals surface area contributed by atoms with Crippen LogP contribution in [0, 0.1) is 17.3 Å². The molecule has 0 heterocycles. The van der Waals surface area contributed by atoms with Crippen molar-refractivity contribution < 1.29 is 9.90 Å². The van der Waals surface area contributed by atoms with Crippen LogP contribution in [0.4, 0.5) is 0 Å². The van der Waals surface area contributed by atoms with Gasteiger partial charge in [-0.2, -0.15) is 0 Å². The van der Waals surface area contributed by atoms with E-state index in [4.69, 9.17) is 5.11 Å². The zero-order valence-corrected chi connectivity index (χ0v) is 8.96. The van der Waals surface area contributed by atoms with Crippen molar-refractivity contribution in [2.75, 3.05) is 0 Å². The Morgan fingerprint density at radius 3 is 2.36 bits per heavy atom. The first-order valence-corrected chi connectivity index (χ1v) is 5.81. The van der Waals surface area contributed by atoms with E-state index in [1.54, 1.807) is 0 Å². The molecule has 2 nitrogen and oxygen atoms in total. The quantitative estimate of drug-likeness (QED) is 0.737. The van der Waals surface area contributed by atoms with Crippen molar-refractivity contribution in [1.29, 1.82) is 0 Å². The van der Waals surface area contributed by atoms with Crippen molar-refractivity contribution in [3.8, 4) is 0 Å². The first-order chi connectivity index (χ1) is 6.60. The molecule has 2 aliphatic rings. The van der Waals surface area contributed by atoms with Crippen molar-refractivity contribution in [2.45, 2.75) is 51.9 Å². The van der Waals surface area contributed by atoms with E-state index in [0.29, 0.717) is 17.8 Å². The largest absolute Gasteiger partial charge is 0.481 e. The molecule has 0 aromatic heterocycles. The van der Waals surface area contributed by atoms with E-state index < -0.39 is 5.97 Å². The molecule has 1 spiro atoms. The van der Waals surface area contributed by atoms with E-state index in [2.05, 4.69) is 6.92 Å². The first-order valence-electron chi connectivity index (χ1n) is 5.81. The molecule has 0 saturated heterocycles. The number of hydrogen-bond acceptors (Lipinski definition) is 1. The molecule has 0 unspecified atom stereocenters. The van der Waals surface area contributed by atoms with Gasteiger partial charge in [0.2, 0.25) is 0 Å². The third-order valence-corrected chi connectivity index (χ3v) is 4.19. The van der Waals surface area contributed by atoms with Gasteiger partial charge in [0.25, 0.3) is 0 Å². The number of carboxylic acid groups (broad SMARTS) is 1. The fourth-order valence-corrected chi connectivity index (χ4v) is 3.57. The molecule has 2 saturated carbocycles. The molecule has 2 heteroatoms. The summed E-state index contributed by atoms with van der Waals surface area (Å²) in [6.45, 7) is 2.33. The van der Waals surface area contributed by atoms with Gasteiger partial charge in [0, 0.05) is 6.42 Å². The van der Waals surface area contributed by atoms with E-state index in [0.717, 1.165) is 18.8 Å². The molecule has 80 valence electrons. The summed E-state index contributed by atoms with van der Waals surface area (Å²) in [6, 6.07) is 0. The molecule has 14 heavy (non-hydrogen) atoms. The van der Waals surface area contributed by atoms with Gasteiger partial charge in [0.1, 0.15) is 0 Å². The minimum absolute atomic E-state index is 0.394. The van der Waals surface area contributed by atoms with Crippen LogP contribution in [0.15, 0.2) is 0 Å². The standard InChI is InChI=1S/C12H20O2/c1-9-7-12(8-9)4-2-10(3-5-12)6-11(13)14/h9-10H,2-8H2,1H3,(H,13,14). The van der Waals surface area contributed by atoms with Gasteiger partial charge < -0.3 is 5.11 Å². The number of hydrogen-bond donors (Lipinski definition) is 1. The van der Waals surface area contributed by atoms with Crippen molar-refractivity contribution in [1.82, 2.24) is 0 Å². The maximum Gasteiger partial charge on any atom is 0.303 e. The molecule has 0 radical (unpaired) electrons. The van der Waals surface area contributed by atoms with Gasteiger partial charge in [-0.25, -0.2) is 0 Å². The Labute approximate surface area is 85.7 Å². The van der Waals surface area contributed by atoms with Gasteiger partial charge in [-0.15, -0.1) is 0 Å². The van der Waals surface area contributed by atoms with Crippen LogP contribution in [0.25, 0.3) is 0 Å². The zero-order valence-electron chi connectivity index (χ0n) is 8.96. The molecule has 0 bridgehead atoms. The molecule has 0 amide bonds. The molecule has 0 aromatic rings. The normalized spacial score (nSPS) is 42.1. The number of carboxylic acids is 1. The fraction of sp³-hybridized carbons (Fsp3) is 0.917. The minimum Gasteiger partial charge on any atom is -0.481 e. The maximum atomic E-state index is 10.6. The second-order valence-corrected chi connectivity index (χ2v) is 5.55. The van der Waals surface area contributed by atoms with Crippen LogP contribution in [-0.4, -0.2) is 11.1 Å². The Morgan fingerprint density at radius 1 is 1.36 bits per heavy atom. The molecule has 1 N–H and O–H groups in total. The van der Waals surface area contributed by atoms with E-state index in [9.17, 15) is 4.79 Å². The lowest BCUT2D eigenvalue weighted by Gasteiger charge is -2.50. The van der Waals surface area contributed by atoms with Crippen LogP contribution >= 0.6 is 0 Å². The lowest BCUT2D eigenvalue weighted by Crippen LogP contribution is -2.39. The van der Waals surface area contributed by atoms with E-state index in [1.165, 1.54) is 25.7 Å². The molecule has 2 fully saturated rings. The summed E-state index contributed by atoms with van der Waals surface area (Å²) in [5.74, 6) is 0.771. The summed E-state index contributed by atoms with van der Waals surface area (Å²) in [7, 11) is 0. The van der Waals surface area contributed by atoms with Crippen molar-refractivity contribution in [2.24, 2.45) is 17.3 Å². The predicted molar refractivity (Wildman–Crippen MR) is 55.0 cm³/mol. The Balaban J connectivity index is 1.78. The number of carbonyl (C=O) groups is 1. The minimum atomic E-state index is -0.618. The van der Waals surface area contributed by atoms with Gasteiger partial charge >= 0.3 is 5.97 Å². The van der Waals surface area contributed by atoms with Crippen LogP contribution in [0.3, 0.4) is 0 Å². The Morgan fingerprint density at radius 2 is 1.93 bits per heavy atom. The third kappa shape index (κ3) is 1.94. The van der Waals surface area contributed by atoms with E-state index in [1.807, 2.05) is 0 Å². The van der Waals surface area contributed by atoms with Gasteiger partial charge in [-0.3, -0.25) is 4.79 Å². The molecule has 2 aliphatic carbocycles. The number of rotatable bonds is 2. The highest BCUT2D eigenvalue weighted by molar-refractivity contribution is 5.67. The summed E-state index contributed by atoms with van der Waals surface area (Å²) in [4.78, 5) is 10.6. The molecule has 0 atom stereocenters. The van der Waals surface area contributed by atoms with Crippen molar-refractivity contribution in [3.05, 3.63) is 0 Å². The summed E-state index contributed by atoms with van der Waals surface area (Å²) in [6.07, 6.45) is 8.06. The highest BCUT2D eigenvalue weighted by atomic mass is 16.4. The summed E-state index contributed by atoms with van der Waals surface area (Å²) in [5, 5.41) is 8.71. The fourth-order valence-electron chi connectivity index (χ4n) is 3.57. The van der Waals surface area contributed by atoms with Gasteiger partial charge in [-0.05, 0) is 55.8 Å². The second-order valence-electron chi connectivity index (χ2n) is 5.55. The monoisotopic (exact) mass is 196 g/mol. The molecular formula is C12H20O2. The number of aliphatic carboxylic acids is 1. The van der Waals surface area contributed by atoms with Crippen LogP contribution in [-0.2, 0) is 4.79 Å². The topological polar surface area (TPSA) is 37.3 Å². The average Bonchev–Trinajstić information content (AvgIpc) is 2.05. The van der Waals surface area contributed by atoms with Crippen molar-refractivity contribution in [3.63, 3.8) is 0 Å².